The van der Waals surface area contributed by atoms with E-state index in [1.54, 1.807) is 4.57 Å². The molecule has 1 unspecified atom stereocenters. The Morgan fingerprint density at radius 1 is 1.26 bits per heavy atom. The van der Waals surface area contributed by atoms with Gasteiger partial charge in [0.1, 0.15) is 5.82 Å². The summed E-state index contributed by atoms with van der Waals surface area (Å²) >= 11 is 0. The minimum Gasteiger partial charge on any atom is -0.385 e. The van der Waals surface area contributed by atoms with Crippen molar-refractivity contribution in [2.24, 2.45) is 11.3 Å². The first-order valence-corrected chi connectivity index (χ1v) is 6.69. The summed E-state index contributed by atoms with van der Waals surface area (Å²) in [6.07, 6.45) is 0. The fraction of sp³-hybridized carbons (Fsp3) is 0.438. The van der Waals surface area contributed by atoms with Gasteiger partial charge in [0.2, 0.25) is 0 Å². The van der Waals surface area contributed by atoms with Crippen LogP contribution in [0.4, 0.5) is 5.82 Å². The molecule has 0 amide bonds. The lowest BCUT2D eigenvalue weighted by Crippen LogP contribution is -2.30. The van der Waals surface area contributed by atoms with Crippen LogP contribution in [0, 0.1) is 11.3 Å². The summed E-state index contributed by atoms with van der Waals surface area (Å²) in [6.45, 7) is 9.35. The van der Waals surface area contributed by atoms with E-state index in [4.69, 9.17) is 5.73 Å². The Morgan fingerprint density at radius 2 is 1.89 bits per heavy atom. The summed E-state index contributed by atoms with van der Waals surface area (Å²) in [4.78, 5) is 12.5. The van der Waals surface area contributed by atoms with Crippen LogP contribution in [0.1, 0.15) is 27.7 Å². The summed E-state index contributed by atoms with van der Waals surface area (Å²) in [5.74, 6) is 0.911. The van der Waals surface area contributed by atoms with E-state index >= 15 is 0 Å². The molecule has 2 rings (SSSR count). The lowest BCUT2D eigenvalue weighted by Gasteiger charge is -2.28. The Kier molecular flexibility index (Phi) is 3.40. The number of hydrogen-bond donors (Lipinski definition) is 1. The number of benzene rings is 1. The lowest BCUT2D eigenvalue weighted by molar-refractivity contribution is 0.232. The predicted molar refractivity (Wildman–Crippen MR) is 81.2 cm³/mol. The van der Waals surface area contributed by atoms with Gasteiger partial charge in [-0.2, -0.15) is 0 Å². The van der Waals surface area contributed by atoms with Gasteiger partial charge in [0.05, 0.1) is 0 Å². The standard InChI is InChI=1S/C16H22N2O/c1-11(16(2,3)4)10-18-14(17)9-12-7-5-6-8-13(12)15(18)19/h5-9,11H,10,17H2,1-4H3. The average Bonchev–Trinajstić information content (AvgIpc) is 2.33. The second-order valence-corrected chi connectivity index (χ2v) is 6.34. The third-order valence-electron chi connectivity index (χ3n) is 3.99. The zero-order valence-electron chi connectivity index (χ0n) is 12.1. The van der Waals surface area contributed by atoms with Crippen LogP contribution in [0.3, 0.4) is 0 Å². The van der Waals surface area contributed by atoms with Crippen molar-refractivity contribution < 1.29 is 0 Å². The molecule has 3 nitrogen and oxygen atoms in total. The van der Waals surface area contributed by atoms with Gasteiger partial charge in [0.15, 0.2) is 0 Å². The van der Waals surface area contributed by atoms with Crippen molar-refractivity contribution in [2.75, 3.05) is 5.73 Å². The van der Waals surface area contributed by atoms with E-state index in [1.165, 1.54) is 0 Å². The van der Waals surface area contributed by atoms with Gasteiger partial charge in [-0.05, 0) is 28.9 Å². The zero-order chi connectivity index (χ0) is 14.2. The Bertz CT molecular complexity index is 650. The molecule has 0 saturated heterocycles. The highest BCUT2D eigenvalue weighted by Crippen LogP contribution is 2.27. The summed E-state index contributed by atoms with van der Waals surface area (Å²) in [7, 11) is 0. The molecular weight excluding hydrogens is 236 g/mol. The summed E-state index contributed by atoms with van der Waals surface area (Å²) in [5, 5.41) is 1.64. The van der Waals surface area contributed by atoms with Gasteiger partial charge < -0.3 is 5.73 Å². The van der Waals surface area contributed by atoms with Gasteiger partial charge >= 0.3 is 0 Å². The molecule has 1 aromatic carbocycles. The number of pyridine rings is 1. The third kappa shape index (κ3) is 2.65. The summed E-state index contributed by atoms with van der Waals surface area (Å²) in [6, 6.07) is 9.47. The smallest absolute Gasteiger partial charge is 0.259 e. The number of rotatable bonds is 2. The topological polar surface area (TPSA) is 48.0 Å². The van der Waals surface area contributed by atoms with E-state index in [0.29, 0.717) is 18.3 Å². The zero-order valence-corrected chi connectivity index (χ0v) is 12.1. The fourth-order valence-corrected chi connectivity index (χ4v) is 2.05. The van der Waals surface area contributed by atoms with Gasteiger partial charge in [0.25, 0.3) is 5.56 Å². The third-order valence-corrected chi connectivity index (χ3v) is 3.99. The van der Waals surface area contributed by atoms with Crippen LogP contribution in [-0.2, 0) is 6.54 Å². The predicted octanol–water partition coefficient (Wildman–Crippen LogP) is 3.27. The van der Waals surface area contributed by atoms with E-state index < -0.39 is 0 Å². The maximum absolute atomic E-state index is 12.5. The number of nitrogens with zero attached hydrogens (tertiary/aromatic N) is 1. The molecule has 1 heterocycles. The monoisotopic (exact) mass is 258 g/mol. The highest BCUT2D eigenvalue weighted by atomic mass is 16.1. The fourth-order valence-electron chi connectivity index (χ4n) is 2.05. The number of hydrogen-bond acceptors (Lipinski definition) is 2. The Morgan fingerprint density at radius 3 is 2.53 bits per heavy atom. The van der Waals surface area contributed by atoms with Crippen LogP contribution in [0.25, 0.3) is 10.8 Å². The number of aromatic nitrogens is 1. The van der Waals surface area contributed by atoms with Crippen molar-refractivity contribution in [3.63, 3.8) is 0 Å². The molecule has 0 aliphatic carbocycles. The molecule has 0 aliphatic rings. The van der Waals surface area contributed by atoms with Crippen molar-refractivity contribution >= 4 is 16.6 Å². The SMILES string of the molecule is CC(Cn1c(N)cc2ccccc2c1=O)C(C)(C)C. The van der Waals surface area contributed by atoms with E-state index in [1.807, 2.05) is 30.3 Å². The molecular formula is C16H22N2O. The first-order valence-electron chi connectivity index (χ1n) is 6.69. The second-order valence-electron chi connectivity index (χ2n) is 6.34. The van der Waals surface area contributed by atoms with Crippen molar-refractivity contribution in [3.8, 4) is 0 Å². The van der Waals surface area contributed by atoms with Gasteiger partial charge in [0, 0.05) is 11.9 Å². The van der Waals surface area contributed by atoms with E-state index in [9.17, 15) is 4.79 Å². The number of nitrogen functional groups attached to an aromatic ring is 1. The molecule has 0 spiro atoms. The van der Waals surface area contributed by atoms with Crippen molar-refractivity contribution in [2.45, 2.75) is 34.2 Å². The van der Waals surface area contributed by atoms with Crippen LogP contribution in [0.2, 0.25) is 0 Å². The van der Waals surface area contributed by atoms with Crippen molar-refractivity contribution in [3.05, 3.63) is 40.7 Å². The molecule has 0 fully saturated rings. The molecule has 1 atom stereocenters. The van der Waals surface area contributed by atoms with Gasteiger partial charge in [-0.25, -0.2) is 0 Å². The Hall–Kier alpha value is -1.77. The molecule has 1 aromatic heterocycles. The first-order chi connectivity index (χ1) is 8.80. The summed E-state index contributed by atoms with van der Waals surface area (Å²) in [5.41, 5.74) is 6.20. The molecule has 2 N–H and O–H groups in total. The van der Waals surface area contributed by atoms with Crippen LogP contribution in [0.15, 0.2) is 35.1 Å². The van der Waals surface area contributed by atoms with Gasteiger partial charge in [-0.1, -0.05) is 45.9 Å². The molecule has 3 heteroatoms. The normalized spacial score (nSPS) is 13.7. The van der Waals surface area contributed by atoms with Gasteiger partial charge in [-0.15, -0.1) is 0 Å². The van der Waals surface area contributed by atoms with E-state index in [-0.39, 0.29) is 11.0 Å². The molecule has 19 heavy (non-hydrogen) atoms. The quantitative estimate of drug-likeness (QED) is 0.898. The van der Waals surface area contributed by atoms with Gasteiger partial charge in [-0.3, -0.25) is 9.36 Å². The highest BCUT2D eigenvalue weighted by molar-refractivity contribution is 5.83. The maximum Gasteiger partial charge on any atom is 0.259 e. The molecule has 0 saturated carbocycles. The largest absolute Gasteiger partial charge is 0.385 e. The Labute approximate surface area is 114 Å². The maximum atomic E-state index is 12.5. The second kappa shape index (κ2) is 4.72. The van der Waals surface area contributed by atoms with Crippen LogP contribution < -0.4 is 11.3 Å². The molecule has 0 radical (unpaired) electrons. The molecule has 2 aromatic rings. The minimum absolute atomic E-state index is 0.00620. The first kappa shape index (κ1) is 13.7. The van der Waals surface area contributed by atoms with Crippen LogP contribution in [-0.4, -0.2) is 4.57 Å². The van der Waals surface area contributed by atoms with Crippen molar-refractivity contribution in [1.29, 1.82) is 0 Å². The lowest BCUT2D eigenvalue weighted by atomic mass is 9.82. The number of fused-ring (bicyclic) bond motifs is 1. The molecule has 102 valence electrons. The molecule has 0 bridgehead atoms. The highest BCUT2D eigenvalue weighted by Gasteiger charge is 2.21. The van der Waals surface area contributed by atoms with E-state index in [0.717, 1.165) is 10.8 Å². The minimum atomic E-state index is 0.00620. The summed E-state index contributed by atoms with van der Waals surface area (Å²) < 4.78 is 1.69. The van der Waals surface area contributed by atoms with Crippen LogP contribution in [0.5, 0.6) is 0 Å². The number of anilines is 1. The number of nitrogens with two attached hydrogens (primary N) is 1. The van der Waals surface area contributed by atoms with Crippen LogP contribution >= 0.6 is 0 Å². The molecule has 0 aliphatic heterocycles. The Balaban J connectivity index is 2.53. The van der Waals surface area contributed by atoms with E-state index in [2.05, 4.69) is 27.7 Å². The van der Waals surface area contributed by atoms with Crippen molar-refractivity contribution in [1.82, 2.24) is 4.57 Å². The average molecular weight is 258 g/mol.